The fourth-order valence-corrected chi connectivity index (χ4v) is 4.28. The van der Waals surface area contributed by atoms with Gasteiger partial charge in [-0.2, -0.15) is 0 Å². The molecule has 0 saturated carbocycles. The highest BCUT2D eigenvalue weighted by Gasteiger charge is 2.35. The highest BCUT2D eigenvalue weighted by molar-refractivity contribution is 7.10. The Morgan fingerprint density at radius 3 is 2.76 bits per heavy atom. The molecular formula is C16H19NO3S. The zero-order chi connectivity index (χ0) is 14.8. The quantitative estimate of drug-likeness (QED) is 0.844. The lowest BCUT2D eigenvalue weighted by Gasteiger charge is -2.29. The van der Waals surface area contributed by atoms with Crippen molar-refractivity contribution in [3.63, 3.8) is 0 Å². The number of aryl methyl sites for hydroxylation is 1. The first kappa shape index (κ1) is 14.3. The summed E-state index contributed by atoms with van der Waals surface area (Å²) in [4.78, 5) is 25.2. The summed E-state index contributed by atoms with van der Waals surface area (Å²) in [5, 5.41) is 14.4. The molecule has 112 valence electrons. The monoisotopic (exact) mass is 305 g/mol. The summed E-state index contributed by atoms with van der Waals surface area (Å²) >= 11 is 1.74. The molecule has 0 radical (unpaired) electrons. The highest BCUT2D eigenvalue weighted by atomic mass is 32.1. The second-order valence-corrected chi connectivity index (χ2v) is 6.75. The second-order valence-electron chi connectivity index (χ2n) is 5.75. The molecule has 2 aliphatic rings. The average Bonchev–Trinajstić information content (AvgIpc) is 2.96. The Hall–Kier alpha value is -1.62. The van der Waals surface area contributed by atoms with Crippen LogP contribution in [0.3, 0.4) is 0 Å². The smallest absolute Gasteiger partial charge is 0.307 e. The van der Waals surface area contributed by atoms with Crippen molar-refractivity contribution in [2.24, 2.45) is 11.8 Å². The fraction of sp³-hybridized carbons (Fsp3) is 0.500. The molecule has 1 aromatic rings. The van der Waals surface area contributed by atoms with Crippen LogP contribution in [-0.2, 0) is 16.0 Å². The molecule has 2 aliphatic carbocycles. The number of hydrogen-bond donors (Lipinski definition) is 2. The van der Waals surface area contributed by atoms with E-state index >= 15 is 0 Å². The second kappa shape index (κ2) is 6.02. The van der Waals surface area contributed by atoms with E-state index in [2.05, 4.69) is 16.8 Å². The van der Waals surface area contributed by atoms with Crippen LogP contribution < -0.4 is 5.32 Å². The van der Waals surface area contributed by atoms with E-state index in [1.165, 1.54) is 10.4 Å². The third-order valence-corrected chi connectivity index (χ3v) is 5.45. The number of carbonyl (C=O) groups excluding carboxylic acids is 1. The van der Waals surface area contributed by atoms with E-state index in [9.17, 15) is 14.7 Å². The molecule has 3 atom stereocenters. The molecule has 0 spiro atoms. The summed E-state index contributed by atoms with van der Waals surface area (Å²) < 4.78 is 0. The third kappa shape index (κ3) is 2.88. The molecule has 2 N–H and O–H groups in total. The number of nitrogens with one attached hydrogen (secondary N) is 1. The van der Waals surface area contributed by atoms with Crippen LogP contribution >= 0.6 is 11.3 Å². The van der Waals surface area contributed by atoms with E-state index < -0.39 is 17.8 Å². The van der Waals surface area contributed by atoms with Crippen molar-refractivity contribution in [3.8, 4) is 0 Å². The van der Waals surface area contributed by atoms with Gasteiger partial charge in [0, 0.05) is 4.88 Å². The van der Waals surface area contributed by atoms with E-state index in [-0.39, 0.29) is 11.9 Å². The summed E-state index contributed by atoms with van der Waals surface area (Å²) in [6, 6.07) is 2.13. The van der Waals surface area contributed by atoms with Crippen LogP contribution in [0.25, 0.3) is 0 Å². The molecule has 1 amide bonds. The Morgan fingerprint density at radius 2 is 2.00 bits per heavy atom. The Morgan fingerprint density at radius 1 is 1.24 bits per heavy atom. The van der Waals surface area contributed by atoms with Crippen molar-refractivity contribution in [1.29, 1.82) is 0 Å². The van der Waals surface area contributed by atoms with Gasteiger partial charge in [-0.1, -0.05) is 12.2 Å². The molecule has 0 bridgehead atoms. The molecule has 5 heteroatoms. The van der Waals surface area contributed by atoms with Crippen LogP contribution in [0.2, 0.25) is 0 Å². The zero-order valence-electron chi connectivity index (χ0n) is 11.7. The van der Waals surface area contributed by atoms with Gasteiger partial charge in [-0.25, -0.2) is 0 Å². The number of aliphatic carboxylic acids is 1. The van der Waals surface area contributed by atoms with Gasteiger partial charge in [0.2, 0.25) is 5.91 Å². The number of amides is 1. The predicted octanol–water partition coefficient (Wildman–Crippen LogP) is 2.91. The molecule has 4 nitrogen and oxygen atoms in total. The van der Waals surface area contributed by atoms with Gasteiger partial charge >= 0.3 is 5.97 Å². The van der Waals surface area contributed by atoms with Crippen LogP contribution in [-0.4, -0.2) is 17.0 Å². The van der Waals surface area contributed by atoms with E-state index in [1.807, 2.05) is 12.2 Å². The minimum absolute atomic E-state index is 0.0489. The maximum Gasteiger partial charge on any atom is 0.307 e. The lowest BCUT2D eigenvalue weighted by atomic mass is 9.82. The molecule has 1 heterocycles. The topological polar surface area (TPSA) is 66.4 Å². The van der Waals surface area contributed by atoms with E-state index in [4.69, 9.17) is 0 Å². The molecule has 1 aromatic heterocycles. The summed E-state index contributed by atoms with van der Waals surface area (Å²) in [5.74, 6) is -2.03. The van der Waals surface area contributed by atoms with Crippen molar-refractivity contribution in [2.75, 3.05) is 0 Å². The maximum absolute atomic E-state index is 12.5. The van der Waals surface area contributed by atoms with Gasteiger partial charge in [-0.15, -0.1) is 11.3 Å². The summed E-state index contributed by atoms with van der Waals surface area (Å²) in [7, 11) is 0. The van der Waals surface area contributed by atoms with Gasteiger partial charge in [0.25, 0.3) is 0 Å². The molecular weight excluding hydrogens is 286 g/mol. The average molecular weight is 305 g/mol. The highest BCUT2D eigenvalue weighted by Crippen LogP contribution is 2.34. The molecule has 21 heavy (non-hydrogen) atoms. The SMILES string of the molecule is O=C(O)[C@H]1CC=CC[C@H]1C(=O)NC1CCCc2sccc21. The Balaban J connectivity index is 1.72. The first-order valence-electron chi connectivity index (χ1n) is 7.41. The van der Waals surface area contributed by atoms with Crippen molar-refractivity contribution in [2.45, 2.75) is 38.1 Å². The van der Waals surface area contributed by atoms with Gasteiger partial charge in [0.15, 0.2) is 0 Å². The Kier molecular flexibility index (Phi) is 4.10. The summed E-state index contributed by atoms with van der Waals surface area (Å²) in [5.41, 5.74) is 1.22. The summed E-state index contributed by atoms with van der Waals surface area (Å²) in [6.07, 6.45) is 7.85. The number of carboxylic acids is 1. The van der Waals surface area contributed by atoms with Crippen LogP contribution in [0.1, 0.15) is 42.2 Å². The molecule has 0 aromatic carbocycles. The van der Waals surface area contributed by atoms with Crippen molar-refractivity contribution in [1.82, 2.24) is 5.32 Å². The molecule has 0 fully saturated rings. The van der Waals surface area contributed by atoms with Gasteiger partial charge in [-0.3, -0.25) is 9.59 Å². The number of carboxylic acid groups (broad SMARTS) is 1. The fourth-order valence-electron chi connectivity index (χ4n) is 3.29. The van der Waals surface area contributed by atoms with E-state index in [0.717, 1.165) is 19.3 Å². The number of allylic oxidation sites excluding steroid dienone is 2. The van der Waals surface area contributed by atoms with Gasteiger partial charge in [-0.05, 0) is 49.1 Å². The normalized spacial score (nSPS) is 27.9. The number of rotatable bonds is 3. The van der Waals surface area contributed by atoms with E-state index in [1.54, 1.807) is 11.3 Å². The first-order chi connectivity index (χ1) is 10.2. The van der Waals surface area contributed by atoms with Crippen LogP contribution in [0.5, 0.6) is 0 Å². The molecule has 1 unspecified atom stereocenters. The maximum atomic E-state index is 12.5. The van der Waals surface area contributed by atoms with Crippen LogP contribution in [0, 0.1) is 11.8 Å². The largest absolute Gasteiger partial charge is 0.481 e. The minimum atomic E-state index is -0.876. The molecule has 0 aliphatic heterocycles. The number of hydrogen-bond acceptors (Lipinski definition) is 3. The van der Waals surface area contributed by atoms with Gasteiger partial charge in [0.05, 0.1) is 17.9 Å². The molecule has 3 rings (SSSR count). The van der Waals surface area contributed by atoms with Crippen molar-refractivity contribution < 1.29 is 14.7 Å². The van der Waals surface area contributed by atoms with Crippen LogP contribution in [0.15, 0.2) is 23.6 Å². The van der Waals surface area contributed by atoms with Crippen molar-refractivity contribution in [3.05, 3.63) is 34.0 Å². The third-order valence-electron chi connectivity index (χ3n) is 4.45. The minimum Gasteiger partial charge on any atom is -0.481 e. The summed E-state index contributed by atoms with van der Waals surface area (Å²) in [6.45, 7) is 0. The predicted molar refractivity (Wildman–Crippen MR) is 81.1 cm³/mol. The zero-order valence-corrected chi connectivity index (χ0v) is 12.6. The van der Waals surface area contributed by atoms with Gasteiger partial charge in [0.1, 0.15) is 0 Å². The lowest BCUT2D eigenvalue weighted by Crippen LogP contribution is -2.41. The number of fused-ring (bicyclic) bond motifs is 1. The Labute approximate surface area is 127 Å². The lowest BCUT2D eigenvalue weighted by molar-refractivity contribution is -0.147. The molecule has 0 saturated heterocycles. The van der Waals surface area contributed by atoms with Gasteiger partial charge < -0.3 is 10.4 Å². The van der Waals surface area contributed by atoms with Crippen molar-refractivity contribution >= 4 is 23.2 Å². The number of thiophene rings is 1. The number of carbonyl (C=O) groups is 2. The first-order valence-corrected chi connectivity index (χ1v) is 8.29. The van der Waals surface area contributed by atoms with E-state index in [0.29, 0.717) is 12.8 Å². The Bertz CT molecular complexity index is 578. The van der Waals surface area contributed by atoms with Crippen LogP contribution in [0.4, 0.5) is 0 Å². The standard InChI is InChI=1S/C16H19NO3S/c18-15(10-4-1-2-5-11(10)16(19)20)17-13-6-3-7-14-12(13)8-9-21-14/h1-2,8-11,13H,3-7H2,(H,17,18)(H,19,20)/t10-,11+,13?/m1/s1.